The van der Waals surface area contributed by atoms with Crippen molar-refractivity contribution in [3.8, 4) is 5.69 Å². The topological polar surface area (TPSA) is 102 Å². The number of fused-ring (bicyclic) bond motifs is 1. The van der Waals surface area contributed by atoms with Crippen LogP contribution in [0, 0.1) is 12.7 Å². The van der Waals surface area contributed by atoms with Crippen molar-refractivity contribution in [1.82, 2.24) is 20.4 Å². The van der Waals surface area contributed by atoms with Gasteiger partial charge in [0, 0.05) is 11.4 Å². The summed E-state index contributed by atoms with van der Waals surface area (Å²) in [5, 5.41) is 9.84. The fraction of sp³-hybridized carbons (Fsp3) is 0.300. The van der Waals surface area contributed by atoms with E-state index >= 15 is 0 Å². The zero-order valence-electron chi connectivity index (χ0n) is 16.9. The van der Waals surface area contributed by atoms with E-state index in [0.717, 1.165) is 16.7 Å². The standard InChI is InChI=1S/C20H21FN4O4S/c1-10(2)22-20(28)23-17(26)12(4)29-19(27)16-9-15-11(3)24-25(18(15)30-16)14-7-5-13(21)6-8-14/h5-10,12H,1-4H3,(H2,22,23,26,28). The highest BCUT2D eigenvalue weighted by atomic mass is 32.1. The Kier molecular flexibility index (Phi) is 6.16. The first-order valence-electron chi connectivity index (χ1n) is 9.23. The number of aromatic nitrogens is 2. The Morgan fingerprint density at radius 2 is 1.83 bits per heavy atom. The molecular formula is C20H21FN4O4S. The molecule has 1 unspecified atom stereocenters. The van der Waals surface area contributed by atoms with Crippen LogP contribution >= 0.6 is 11.3 Å². The summed E-state index contributed by atoms with van der Waals surface area (Å²) in [5.74, 6) is -1.77. The first kappa shape index (κ1) is 21.4. The van der Waals surface area contributed by atoms with Gasteiger partial charge in [0.15, 0.2) is 6.10 Å². The molecule has 0 aliphatic heterocycles. The molecule has 2 N–H and O–H groups in total. The quantitative estimate of drug-likeness (QED) is 0.602. The summed E-state index contributed by atoms with van der Waals surface area (Å²) in [4.78, 5) is 37.2. The number of carbonyl (C=O) groups is 3. The third-order valence-corrected chi connectivity index (χ3v) is 5.22. The average Bonchev–Trinajstić information content (AvgIpc) is 3.22. The van der Waals surface area contributed by atoms with Crippen molar-refractivity contribution < 1.29 is 23.5 Å². The van der Waals surface area contributed by atoms with Crippen LogP contribution in [0.2, 0.25) is 0 Å². The number of rotatable bonds is 5. The Bertz CT molecular complexity index is 1100. The third kappa shape index (κ3) is 4.65. The lowest BCUT2D eigenvalue weighted by Gasteiger charge is -2.13. The molecule has 8 nitrogen and oxygen atoms in total. The highest BCUT2D eigenvalue weighted by molar-refractivity contribution is 7.20. The fourth-order valence-electron chi connectivity index (χ4n) is 2.69. The maximum Gasteiger partial charge on any atom is 0.349 e. The molecule has 3 amide bonds. The van der Waals surface area contributed by atoms with E-state index in [0.29, 0.717) is 16.2 Å². The molecule has 0 aliphatic rings. The number of hydrogen-bond donors (Lipinski definition) is 2. The van der Waals surface area contributed by atoms with Crippen molar-refractivity contribution in [2.75, 3.05) is 0 Å². The summed E-state index contributed by atoms with van der Waals surface area (Å²) >= 11 is 1.15. The molecule has 0 aliphatic carbocycles. The van der Waals surface area contributed by atoms with Gasteiger partial charge < -0.3 is 10.1 Å². The molecule has 1 aromatic carbocycles. The fourth-order valence-corrected chi connectivity index (χ4v) is 3.75. The third-order valence-electron chi connectivity index (χ3n) is 4.13. The number of nitrogens with zero attached hydrogens (tertiary/aromatic N) is 2. The summed E-state index contributed by atoms with van der Waals surface area (Å²) in [6, 6.07) is 6.68. The van der Waals surface area contributed by atoms with Gasteiger partial charge in [-0.05, 0) is 58.0 Å². The van der Waals surface area contributed by atoms with Crippen molar-refractivity contribution in [1.29, 1.82) is 0 Å². The van der Waals surface area contributed by atoms with Gasteiger partial charge in [-0.3, -0.25) is 10.1 Å². The smallest absolute Gasteiger partial charge is 0.349 e. The van der Waals surface area contributed by atoms with Gasteiger partial charge in [0.05, 0.1) is 11.4 Å². The molecule has 0 bridgehead atoms. The number of esters is 1. The molecule has 2 heterocycles. The lowest BCUT2D eigenvalue weighted by atomic mass is 10.3. The number of amides is 3. The number of nitrogens with one attached hydrogen (secondary N) is 2. The van der Waals surface area contributed by atoms with Gasteiger partial charge in [-0.1, -0.05) is 0 Å². The van der Waals surface area contributed by atoms with E-state index in [4.69, 9.17) is 4.74 Å². The van der Waals surface area contributed by atoms with Gasteiger partial charge >= 0.3 is 12.0 Å². The first-order chi connectivity index (χ1) is 14.2. The van der Waals surface area contributed by atoms with Crippen LogP contribution in [-0.4, -0.2) is 39.8 Å². The molecule has 0 fully saturated rings. The van der Waals surface area contributed by atoms with Gasteiger partial charge in [0.1, 0.15) is 15.5 Å². The number of thiophene rings is 1. The van der Waals surface area contributed by atoms with E-state index < -0.39 is 24.0 Å². The Hall–Kier alpha value is -3.27. The molecular weight excluding hydrogens is 411 g/mol. The summed E-state index contributed by atoms with van der Waals surface area (Å²) in [6.07, 6.45) is -1.16. The Balaban J connectivity index is 1.76. The van der Waals surface area contributed by atoms with E-state index in [1.54, 1.807) is 43.7 Å². The normalized spacial score (nSPS) is 12.1. The van der Waals surface area contributed by atoms with Crippen LogP contribution in [0.1, 0.15) is 36.1 Å². The van der Waals surface area contributed by atoms with Crippen molar-refractivity contribution >= 4 is 39.5 Å². The van der Waals surface area contributed by atoms with Crippen LogP contribution in [0.25, 0.3) is 15.9 Å². The van der Waals surface area contributed by atoms with Crippen LogP contribution < -0.4 is 10.6 Å². The van der Waals surface area contributed by atoms with Gasteiger partial charge in [-0.15, -0.1) is 11.3 Å². The largest absolute Gasteiger partial charge is 0.448 e. The minimum absolute atomic E-state index is 0.141. The molecule has 2 aromatic heterocycles. The number of carbonyl (C=O) groups excluding carboxylic acids is 3. The summed E-state index contributed by atoms with van der Waals surface area (Å²) in [5.41, 5.74) is 1.35. The number of hydrogen-bond acceptors (Lipinski definition) is 6. The van der Waals surface area contributed by atoms with E-state index in [-0.39, 0.29) is 16.7 Å². The van der Waals surface area contributed by atoms with Crippen LogP contribution in [0.3, 0.4) is 0 Å². The number of urea groups is 1. The lowest BCUT2D eigenvalue weighted by molar-refractivity contribution is -0.127. The average molecular weight is 432 g/mol. The minimum Gasteiger partial charge on any atom is -0.448 e. The van der Waals surface area contributed by atoms with Gasteiger partial charge in [-0.2, -0.15) is 5.10 Å². The second-order valence-electron chi connectivity index (χ2n) is 6.97. The van der Waals surface area contributed by atoms with Crippen LogP contribution in [0.5, 0.6) is 0 Å². The van der Waals surface area contributed by atoms with E-state index in [1.165, 1.54) is 19.1 Å². The predicted octanol–water partition coefficient (Wildman–Crippen LogP) is 3.31. The van der Waals surface area contributed by atoms with Crippen molar-refractivity contribution in [3.63, 3.8) is 0 Å². The zero-order chi connectivity index (χ0) is 22.0. The number of imide groups is 1. The zero-order valence-corrected chi connectivity index (χ0v) is 17.7. The Labute approximate surface area is 176 Å². The summed E-state index contributed by atoms with van der Waals surface area (Å²) < 4.78 is 20.0. The molecule has 0 radical (unpaired) electrons. The SMILES string of the molecule is Cc1nn(-c2ccc(F)cc2)c2sc(C(=O)OC(C)C(=O)NC(=O)NC(C)C)cc12. The molecule has 158 valence electrons. The molecule has 1 atom stereocenters. The maximum atomic E-state index is 13.2. The van der Waals surface area contributed by atoms with Crippen LogP contribution in [-0.2, 0) is 9.53 Å². The number of benzene rings is 1. The minimum atomic E-state index is -1.16. The number of halogens is 1. The molecule has 3 rings (SSSR count). The molecule has 30 heavy (non-hydrogen) atoms. The Morgan fingerprint density at radius 1 is 1.17 bits per heavy atom. The predicted molar refractivity (Wildman–Crippen MR) is 110 cm³/mol. The van der Waals surface area contributed by atoms with Crippen molar-refractivity contribution in [2.45, 2.75) is 39.8 Å². The van der Waals surface area contributed by atoms with E-state index in [1.807, 2.05) is 0 Å². The van der Waals surface area contributed by atoms with Gasteiger partial charge in [0.25, 0.3) is 5.91 Å². The molecule has 0 saturated carbocycles. The van der Waals surface area contributed by atoms with Crippen LogP contribution in [0.15, 0.2) is 30.3 Å². The van der Waals surface area contributed by atoms with Crippen molar-refractivity contribution in [2.24, 2.45) is 0 Å². The van der Waals surface area contributed by atoms with Gasteiger partial charge in [0.2, 0.25) is 0 Å². The highest BCUT2D eigenvalue weighted by Crippen LogP contribution is 2.31. The summed E-state index contributed by atoms with van der Waals surface area (Å²) in [6.45, 7) is 6.69. The Morgan fingerprint density at radius 3 is 2.47 bits per heavy atom. The highest BCUT2D eigenvalue weighted by Gasteiger charge is 2.24. The molecule has 10 heteroatoms. The molecule has 3 aromatic rings. The second-order valence-corrected chi connectivity index (χ2v) is 8.00. The number of ether oxygens (including phenoxy) is 1. The first-order valence-corrected chi connectivity index (χ1v) is 10.0. The molecule has 0 saturated heterocycles. The number of aryl methyl sites for hydroxylation is 1. The lowest BCUT2D eigenvalue weighted by Crippen LogP contribution is -2.46. The molecule has 0 spiro atoms. The summed E-state index contributed by atoms with van der Waals surface area (Å²) in [7, 11) is 0. The van der Waals surface area contributed by atoms with Crippen molar-refractivity contribution in [3.05, 3.63) is 46.7 Å². The second kappa shape index (κ2) is 8.62. The van der Waals surface area contributed by atoms with E-state index in [2.05, 4.69) is 15.7 Å². The van der Waals surface area contributed by atoms with E-state index in [9.17, 15) is 18.8 Å². The van der Waals surface area contributed by atoms with Gasteiger partial charge in [-0.25, -0.2) is 18.7 Å². The van der Waals surface area contributed by atoms with Crippen LogP contribution in [0.4, 0.5) is 9.18 Å². The maximum absolute atomic E-state index is 13.2. The monoisotopic (exact) mass is 432 g/mol.